The van der Waals surface area contributed by atoms with Crippen LogP contribution in [0.3, 0.4) is 0 Å². The molecule has 1 radical (unpaired) electrons. The van der Waals surface area contributed by atoms with E-state index in [0.717, 1.165) is 0 Å². The number of aliphatic hydroxyl groups is 1. The molecule has 0 rings (SSSR count). The standard InChI is InChI=1S/C4H5FO2.C4H6.Cu/c1-3(6)2-4(5)7;1-3-4-2;/h2,6H,1H3;1-2H3;/p+1/b3-2-;;. The number of aliphatic hydroxyl groups excluding tert-OH is 1. The molecule has 4 heteroatoms. The van der Waals surface area contributed by atoms with Crippen molar-refractivity contribution in [2.24, 2.45) is 0 Å². The number of allylic oxidation sites excluding steroid dienone is 2. The van der Waals surface area contributed by atoms with Crippen LogP contribution in [-0.4, -0.2) is 15.9 Å². The molecule has 0 aromatic heterocycles. The fourth-order valence-electron chi connectivity index (χ4n) is 0.172. The van der Waals surface area contributed by atoms with E-state index in [2.05, 4.69) is 11.8 Å². The minimum atomic E-state index is -1.37. The molecule has 0 atom stereocenters. The van der Waals surface area contributed by atoms with Gasteiger partial charge in [-0.05, 0) is 20.8 Å². The molecule has 0 amide bonds. The Balaban J connectivity index is -0.000000142. The first kappa shape index (κ1) is 17.3. The Morgan fingerprint density at radius 2 is 1.75 bits per heavy atom. The molecule has 12 heavy (non-hydrogen) atoms. The molecule has 2 nitrogen and oxygen atoms in total. The summed E-state index contributed by atoms with van der Waals surface area (Å²) in [7, 11) is 0. The molecular formula is C8H12CuFO2+. The maximum absolute atomic E-state index is 11.2. The van der Waals surface area contributed by atoms with E-state index in [1.807, 2.05) is 13.8 Å². The topological polar surface area (TPSA) is 41.6 Å². The molecule has 0 aromatic rings. The number of hydrogen-bond donors (Lipinski definition) is 1. The Kier molecular flexibility index (Phi) is 18.6. The van der Waals surface area contributed by atoms with E-state index >= 15 is 0 Å². The largest absolute Gasteiger partial charge is 0.512 e. The molecule has 0 saturated heterocycles. The molecule has 0 saturated carbocycles. The van der Waals surface area contributed by atoms with Crippen LogP contribution in [0.15, 0.2) is 11.8 Å². The third kappa shape index (κ3) is 35.0. The van der Waals surface area contributed by atoms with Crippen molar-refractivity contribution >= 4 is 6.04 Å². The number of rotatable bonds is 1. The van der Waals surface area contributed by atoms with Gasteiger partial charge in [0.1, 0.15) is 11.8 Å². The smallest absolute Gasteiger partial charge is 0.505 e. The van der Waals surface area contributed by atoms with E-state index in [0.29, 0.717) is 6.08 Å². The molecule has 0 heterocycles. The molecule has 0 fully saturated rings. The Morgan fingerprint density at radius 3 is 1.75 bits per heavy atom. The summed E-state index contributed by atoms with van der Waals surface area (Å²) in [6, 6.07) is -1.37. The van der Waals surface area contributed by atoms with Crippen molar-refractivity contribution < 1.29 is 31.4 Å². The first-order chi connectivity index (χ1) is 5.04. The SMILES string of the molecule is C/C(O)=C/C(=[OH+])F.CC#CC.[Cu]. The van der Waals surface area contributed by atoms with Gasteiger partial charge >= 0.3 is 6.04 Å². The summed E-state index contributed by atoms with van der Waals surface area (Å²) in [6.07, 6.45) is 0.611. The van der Waals surface area contributed by atoms with Gasteiger partial charge in [0.05, 0.1) is 0 Å². The van der Waals surface area contributed by atoms with Crippen molar-refractivity contribution in [1.82, 2.24) is 0 Å². The quantitative estimate of drug-likeness (QED) is 0.181. The maximum atomic E-state index is 11.2. The fourth-order valence-corrected chi connectivity index (χ4v) is 0.172. The van der Waals surface area contributed by atoms with E-state index in [-0.39, 0.29) is 22.8 Å². The minimum absolute atomic E-state index is 0. The minimum Gasteiger partial charge on any atom is -0.512 e. The van der Waals surface area contributed by atoms with Crippen LogP contribution in [0.25, 0.3) is 0 Å². The second-order valence-electron chi connectivity index (χ2n) is 1.61. The summed E-state index contributed by atoms with van der Waals surface area (Å²) >= 11 is 0. The van der Waals surface area contributed by atoms with Gasteiger partial charge in [-0.3, -0.25) is 0 Å². The Morgan fingerprint density at radius 1 is 1.42 bits per heavy atom. The van der Waals surface area contributed by atoms with Crippen LogP contribution in [0.2, 0.25) is 0 Å². The summed E-state index contributed by atoms with van der Waals surface area (Å²) in [5, 5.41) is 8.16. The Bertz CT molecular complexity index is 191. The Labute approximate surface area is 82.3 Å². The summed E-state index contributed by atoms with van der Waals surface area (Å²) in [5.41, 5.74) is 0. The van der Waals surface area contributed by atoms with Crippen LogP contribution < -0.4 is 0 Å². The predicted molar refractivity (Wildman–Crippen MR) is 43.6 cm³/mol. The zero-order chi connectivity index (χ0) is 9.28. The zero-order valence-corrected chi connectivity index (χ0v) is 8.09. The van der Waals surface area contributed by atoms with Gasteiger partial charge in [-0.15, -0.1) is 16.2 Å². The van der Waals surface area contributed by atoms with E-state index in [1.54, 1.807) is 0 Å². The van der Waals surface area contributed by atoms with E-state index in [4.69, 9.17) is 9.90 Å². The van der Waals surface area contributed by atoms with Crippen molar-refractivity contribution in [2.45, 2.75) is 20.8 Å². The molecule has 0 aromatic carbocycles. The molecule has 0 aliphatic rings. The third-order valence-electron chi connectivity index (χ3n) is 0.578. The first-order valence-electron chi connectivity index (χ1n) is 2.96. The molecule has 73 valence electrons. The van der Waals surface area contributed by atoms with E-state index in [9.17, 15) is 4.39 Å². The number of carbonyl (C=O) groups excluding carboxylic acids is 1. The monoisotopic (exact) mass is 222 g/mol. The van der Waals surface area contributed by atoms with E-state index in [1.165, 1.54) is 6.92 Å². The van der Waals surface area contributed by atoms with Gasteiger partial charge in [-0.2, -0.15) is 0 Å². The molecule has 0 unspecified atom stereocenters. The summed E-state index contributed by atoms with van der Waals surface area (Å²) in [6.45, 7) is 4.90. The molecule has 2 N–H and O–H groups in total. The molecule has 0 aliphatic carbocycles. The van der Waals surface area contributed by atoms with Crippen LogP contribution in [0.5, 0.6) is 0 Å². The Hall–Kier alpha value is -0.781. The van der Waals surface area contributed by atoms with Gasteiger partial charge in [0, 0.05) is 17.1 Å². The van der Waals surface area contributed by atoms with Gasteiger partial charge in [0.25, 0.3) is 0 Å². The second kappa shape index (κ2) is 12.9. The molecule has 0 spiro atoms. The van der Waals surface area contributed by atoms with Crippen LogP contribution >= 0.6 is 0 Å². The van der Waals surface area contributed by atoms with Gasteiger partial charge in [-0.25, -0.2) is 4.79 Å². The van der Waals surface area contributed by atoms with Crippen LogP contribution in [0.4, 0.5) is 4.39 Å². The first-order valence-corrected chi connectivity index (χ1v) is 2.96. The van der Waals surface area contributed by atoms with Gasteiger partial charge in [0.15, 0.2) is 0 Å². The molecular weight excluding hydrogens is 211 g/mol. The predicted octanol–water partition coefficient (Wildman–Crippen LogP) is 1.95. The molecule has 0 aliphatic heterocycles. The summed E-state index contributed by atoms with van der Waals surface area (Å²) in [5.74, 6) is 5.11. The van der Waals surface area contributed by atoms with Crippen molar-refractivity contribution in [3.05, 3.63) is 11.8 Å². The zero-order valence-electron chi connectivity index (χ0n) is 7.15. The van der Waals surface area contributed by atoms with Crippen molar-refractivity contribution in [2.75, 3.05) is 0 Å². The van der Waals surface area contributed by atoms with Crippen molar-refractivity contribution in [1.29, 1.82) is 0 Å². The summed E-state index contributed by atoms with van der Waals surface area (Å²) < 4.78 is 11.2. The maximum Gasteiger partial charge on any atom is 0.505 e. The molecule has 0 bridgehead atoms. The number of hydrogen-bond acceptors (Lipinski definition) is 1. The van der Waals surface area contributed by atoms with Gasteiger partial charge in [-0.1, -0.05) is 0 Å². The fraction of sp³-hybridized carbons (Fsp3) is 0.375. The van der Waals surface area contributed by atoms with Crippen LogP contribution in [-0.2, 0) is 17.1 Å². The normalized spacial score (nSPS) is 7.83. The van der Waals surface area contributed by atoms with Crippen molar-refractivity contribution in [3.8, 4) is 11.8 Å². The van der Waals surface area contributed by atoms with E-state index < -0.39 is 6.04 Å². The summed E-state index contributed by atoms with van der Waals surface area (Å²) in [4.78, 5) is 7.74. The third-order valence-corrected chi connectivity index (χ3v) is 0.578. The van der Waals surface area contributed by atoms with Crippen molar-refractivity contribution in [3.63, 3.8) is 0 Å². The van der Waals surface area contributed by atoms with Crippen LogP contribution in [0.1, 0.15) is 20.8 Å². The average Bonchev–Trinajstić information content (AvgIpc) is 1.85. The average molecular weight is 223 g/mol. The number of halogens is 1. The van der Waals surface area contributed by atoms with Gasteiger partial charge in [0.2, 0.25) is 0 Å². The second-order valence-corrected chi connectivity index (χ2v) is 1.61. The van der Waals surface area contributed by atoms with Crippen LogP contribution in [0, 0.1) is 11.8 Å². The van der Waals surface area contributed by atoms with Gasteiger partial charge < -0.3 is 5.11 Å².